The van der Waals surface area contributed by atoms with Gasteiger partial charge in [-0.15, -0.1) is 0 Å². The molecule has 7 heteroatoms. The number of aliphatic hydroxyl groups excluding tert-OH is 1. The van der Waals surface area contributed by atoms with Crippen LogP contribution in [0.4, 0.5) is 8.78 Å². The maximum absolute atomic E-state index is 14.1. The highest BCUT2D eigenvalue weighted by Gasteiger charge is 2.37. The number of hydrogen-bond donors (Lipinski definition) is 3. The summed E-state index contributed by atoms with van der Waals surface area (Å²) in [4.78, 5) is 14.7. The molecule has 0 aliphatic carbocycles. The smallest absolute Gasteiger partial charge is 0.227 e. The Morgan fingerprint density at radius 2 is 1.83 bits per heavy atom. The molecule has 0 radical (unpaired) electrons. The molecule has 154 valence electrons. The first-order valence-electron chi connectivity index (χ1n) is 9.93. The lowest BCUT2D eigenvalue weighted by atomic mass is 9.82. The number of amides is 1. The van der Waals surface area contributed by atoms with Crippen molar-refractivity contribution in [1.82, 2.24) is 15.8 Å². The lowest BCUT2D eigenvalue weighted by Crippen LogP contribution is -2.49. The monoisotopic (exact) mass is 401 g/mol. The van der Waals surface area contributed by atoms with Crippen LogP contribution < -0.4 is 10.9 Å². The highest BCUT2D eigenvalue weighted by molar-refractivity contribution is 5.80. The third kappa shape index (κ3) is 3.66. The Balaban J connectivity index is 1.64. The second kappa shape index (κ2) is 8.18. The first-order chi connectivity index (χ1) is 14.0. The zero-order chi connectivity index (χ0) is 20.5. The summed E-state index contributed by atoms with van der Waals surface area (Å²) in [5.41, 5.74) is 9.78. The minimum absolute atomic E-state index is 0.0292. The van der Waals surface area contributed by atoms with Gasteiger partial charge in [-0.05, 0) is 36.1 Å². The molecule has 2 aliphatic heterocycles. The Morgan fingerprint density at radius 3 is 2.55 bits per heavy atom. The van der Waals surface area contributed by atoms with Crippen LogP contribution in [0.3, 0.4) is 0 Å². The predicted octanol–water partition coefficient (Wildman–Crippen LogP) is 2.21. The van der Waals surface area contributed by atoms with E-state index >= 15 is 0 Å². The van der Waals surface area contributed by atoms with E-state index in [1.54, 1.807) is 4.90 Å². The van der Waals surface area contributed by atoms with Crippen LogP contribution in [0.2, 0.25) is 0 Å². The highest BCUT2D eigenvalue weighted by Crippen LogP contribution is 2.37. The number of aliphatic hydroxyl groups is 1. The molecule has 5 nitrogen and oxygen atoms in total. The van der Waals surface area contributed by atoms with Crippen LogP contribution in [0, 0.1) is 11.6 Å². The number of nitrogens with one attached hydrogen (secondary N) is 2. The third-order valence-corrected chi connectivity index (χ3v) is 6.08. The maximum atomic E-state index is 14.1. The van der Waals surface area contributed by atoms with Crippen molar-refractivity contribution in [3.63, 3.8) is 0 Å². The van der Waals surface area contributed by atoms with Gasteiger partial charge in [0.25, 0.3) is 0 Å². The molecule has 0 aromatic heterocycles. The van der Waals surface area contributed by atoms with E-state index in [2.05, 4.69) is 16.9 Å². The number of fused-ring (bicyclic) bond motifs is 1. The number of rotatable bonds is 4. The molecule has 2 aromatic carbocycles. The Labute approximate surface area is 168 Å². The number of carbonyl (C=O) groups is 1. The number of halogens is 2. The van der Waals surface area contributed by atoms with Crippen LogP contribution in [0.5, 0.6) is 0 Å². The van der Waals surface area contributed by atoms with Crippen LogP contribution in [0.25, 0.3) is 0 Å². The van der Waals surface area contributed by atoms with Gasteiger partial charge >= 0.3 is 0 Å². The molecule has 3 N–H and O–H groups in total. The summed E-state index contributed by atoms with van der Waals surface area (Å²) in [6, 6.07) is 9.31. The molecular weight excluding hydrogens is 376 g/mol. The van der Waals surface area contributed by atoms with E-state index in [0.29, 0.717) is 12.3 Å². The van der Waals surface area contributed by atoms with Gasteiger partial charge in [-0.25, -0.2) is 8.78 Å². The maximum Gasteiger partial charge on any atom is 0.227 e. The number of nitrogens with zero attached hydrogens (tertiary/aromatic N) is 1. The molecule has 0 spiro atoms. The van der Waals surface area contributed by atoms with Gasteiger partial charge in [0.05, 0.1) is 25.1 Å². The minimum Gasteiger partial charge on any atom is -0.394 e. The van der Waals surface area contributed by atoms with E-state index in [0.717, 1.165) is 24.7 Å². The summed E-state index contributed by atoms with van der Waals surface area (Å²) < 4.78 is 27.6. The van der Waals surface area contributed by atoms with Gasteiger partial charge in [-0.2, -0.15) is 0 Å². The standard InChI is InChI=1S/C22H25F2N3O2/c1-13-17-5-3-6-18(15-10-25-26-11-15)19(17)9-16(12-28)27(13)21(29)8-14-4-2-7-20(23)22(14)24/h2-7,13,15-16,25-26,28H,8-12H2,1H3/t13-,16+/m0/s1. The van der Waals surface area contributed by atoms with E-state index < -0.39 is 17.7 Å². The minimum atomic E-state index is -0.991. The average molecular weight is 401 g/mol. The van der Waals surface area contributed by atoms with Crippen molar-refractivity contribution >= 4 is 5.91 Å². The molecular formula is C22H25F2N3O2. The van der Waals surface area contributed by atoms with Crippen molar-refractivity contribution in [2.45, 2.75) is 37.8 Å². The Bertz CT molecular complexity index is 915. The van der Waals surface area contributed by atoms with E-state index in [1.807, 2.05) is 19.1 Å². The fourth-order valence-corrected chi connectivity index (χ4v) is 4.63. The summed E-state index contributed by atoms with van der Waals surface area (Å²) in [7, 11) is 0. The van der Waals surface area contributed by atoms with Crippen LogP contribution in [0.1, 0.15) is 41.1 Å². The second-order valence-corrected chi connectivity index (χ2v) is 7.78. The normalized spacial score (nSPS) is 22.0. The van der Waals surface area contributed by atoms with Crippen molar-refractivity contribution in [1.29, 1.82) is 0 Å². The summed E-state index contributed by atoms with van der Waals surface area (Å²) in [5.74, 6) is -1.94. The molecule has 0 saturated carbocycles. The number of carbonyl (C=O) groups excluding carboxylic acids is 1. The molecule has 4 rings (SSSR count). The summed E-state index contributed by atoms with van der Waals surface area (Å²) in [6.45, 7) is 3.40. The summed E-state index contributed by atoms with van der Waals surface area (Å²) in [6.07, 6.45) is 0.302. The van der Waals surface area contributed by atoms with Crippen LogP contribution in [0.15, 0.2) is 36.4 Å². The van der Waals surface area contributed by atoms with Gasteiger partial charge in [-0.1, -0.05) is 30.3 Å². The third-order valence-electron chi connectivity index (χ3n) is 6.08. The number of hydrazine groups is 1. The largest absolute Gasteiger partial charge is 0.394 e. The van der Waals surface area contributed by atoms with Crippen LogP contribution in [-0.4, -0.2) is 41.7 Å². The Hall–Kier alpha value is -2.35. The van der Waals surface area contributed by atoms with E-state index in [4.69, 9.17) is 0 Å². The zero-order valence-corrected chi connectivity index (χ0v) is 16.3. The molecule has 2 heterocycles. The number of benzene rings is 2. The fraction of sp³-hybridized carbons (Fsp3) is 0.409. The van der Waals surface area contributed by atoms with Gasteiger partial charge < -0.3 is 10.0 Å². The van der Waals surface area contributed by atoms with E-state index in [9.17, 15) is 18.7 Å². The first-order valence-corrected chi connectivity index (χ1v) is 9.93. The van der Waals surface area contributed by atoms with Crippen LogP contribution in [-0.2, 0) is 17.6 Å². The zero-order valence-electron chi connectivity index (χ0n) is 16.3. The van der Waals surface area contributed by atoms with Crippen LogP contribution >= 0.6 is 0 Å². The van der Waals surface area contributed by atoms with Crippen molar-refractivity contribution in [3.8, 4) is 0 Å². The summed E-state index contributed by atoms with van der Waals surface area (Å²) >= 11 is 0. The predicted molar refractivity (Wildman–Crippen MR) is 105 cm³/mol. The summed E-state index contributed by atoms with van der Waals surface area (Å²) in [5, 5.41) is 10.0. The average Bonchev–Trinajstić information content (AvgIpc) is 3.25. The molecule has 1 saturated heterocycles. The van der Waals surface area contributed by atoms with Crippen molar-refractivity contribution in [2.24, 2.45) is 0 Å². The van der Waals surface area contributed by atoms with Gasteiger partial charge in [0.1, 0.15) is 0 Å². The number of hydrogen-bond acceptors (Lipinski definition) is 4. The lowest BCUT2D eigenvalue weighted by molar-refractivity contribution is -0.137. The molecule has 2 aliphatic rings. The molecule has 1 fully saturated rings. The first kappa shape index (κ1) is 19.9. The molecule has 0 unspecified atom stereocenters. The van der Waals surface area contributed by atoms with Gasteiger partial charge in [-0.3, -0.25) is 15.6 Å². The van der Waals surface area contributed by atoms with E-state index in [-0.39, 0.29) is 30.5 Å². The Morgan fingerprint density at radius 1 is 1.14 bits per heavy atom. The molecule has 1 amide bonds. The molecule has 0 bridgehead atoms. The van der Waals surface area contributed by atoms with Gasteiger partial charge in [0, 0.05) is 24.6 Å². The molecule has 2 atom stereocenters. The second-order valence-electron chi connectivity index (χ2n) is 7.78. The fourth-order valence-electron chi connectivity index (χ4n) is 4.63. The van der Waals surface area contributed by atoms with Crippen molar-refractivity contribution < 1.29 is 18.7 Å². The van der Waals surface area contributed by atoms with Gasteiger partial charge in [0.15, 0.2) is 11.6 Å². The quantitative estimate of drug-likeness (QED) is 0.735. The molecule has 29 heavy (non-hydrogen) atoms. The van der Waals surface area contributed by atoms with Gasteiger partial charge in [0.2, 0.25) is 5.91 Å². The Kier molecular flexibility index (Phi) is 5.63. The SMILES string of the molecule is C[C@H]1c2cccc(C3CNNC3)c2C[C@H](CO)N1C(=O)Cc1cccc(F)c1F. The highest BCUT2D eigenvalue weighted by atomic mass is 19.2. The van der Waals surface area contributed by atoms with Crippen molar-refractivity contribution in [3.05, 3.63) is 70.3 Å². The topological polar surface area (TPSA) is 64.6 Å². The lowest BCUT2D eigenvalue weighted by Gasteiger charge is -2.42. The van der Waals surface area contributed by atoms with E-state index in [1.165, 1.54) is 23.3 Å². The van der Waals surface area contributed by atoms with Crippen molar-refractivity contribution in [2.75, 3.05) is 19.7 Å². The molecule has 2 aromatic rings.